The molecule has 2 aliphatic rings. The number of rotatable bonds is 4. The summed E-state index contributed by atoms with van der Waals surface area (Å²) in [7, 11) is -3.33. The fourth-order valence-electron chi connectivity index (χ4n) is 3.82. The molecule has 1 heterocycles. The number of nitrogens with one attached hydrogen (secondary N) is 1. The number of sulfone groups is 1. The van der Waals surface area contributed by atoms with Gasteiger partial charge in [0.1, 0.15) is 0 Å². The third-order valence-corrected chi connectivity index (χ3v) is 7.65. The van der Waals surface area contributed by atoms with Crippen LogP contribution >= 0.6 is 0 Å². The zero-order valence-corrected chi connectivity index (χ0v) is 16.1. The van der Waals surface area contributed by atoms with E-state index in [1.54, 1.807) is 30.3 Å². The fraction of sp³-hybridized carbons (Fsp3) is 0.333. The van der Waals surface area contributed by atoms with Crippen molar-refractivity contribution in [2.75, 3.05) is 5.32 Å². The number of cyclic esters (lactones) is 1. The molecule has 2 aromatic rings. The molecule has 1 N–H and O–H groups in total. The smallest absolute Gasteiger partial charge is 0.339 e. The lowest BCUT2D eigenvalue weighted by atomic mass is 9.98. The topological polar surface area (TPSA) is 89.5 Å². The van der Waals surface area contributed by atoms with Gasteiger partial charge in [0.05, 0.1) is 15.7 Å². The Balaban J connectivity index is 1.45. The first-order chi connectivity index (χ1) is 13.4. The molecule has 0 radical (unpaired) electrons. The first kappa shape index (κ1) is 18.7. The van der Waals surface area contributed by atoms with Crippen molar-refractivity contribution in [1.82, 2.24) is 0 Å². The minimum Gasteiger partial charge on any atom is -0.448 e. The molecule has 0 aromatic heterocycles. The first-order valence-electron chi connectivity index (χ1n) is 9.39. The predicted molar refractivity (Wildman–Crippen MR) is 104 cm³/mol. The Bertz CT molecular complexity index is 1010. The van der Waals surface area contributed by atoms with Crippen molar-refractivity contribution in [3.63, 3.8) is 0 Å². The van der Waals surface area contributed by atoms with Crippen LogP contribution in [0, 0.1) is 0 Å². The van der Waals surface area contributed by atoms with Crippen molar-refractivity contribution >= 4 is 27.4 Å². The highest BCUT2D eigenvalue weighted by atomic mass is 32.2. The van der Waals surface area contributed by atoms with Crippen LogP contribution in [0.4, 0.5) is 5.69 Å². The summed E-state index contributed by atoms with van der Waals surface area (Å²) in [5.74, 6) is -0.950. The number of benzene rings is 2. The van der Waals surface area contributed by atoms with Crippen LogP contribution in [0.25, 0.3) is 0 Å². The number of carbonyl (C=O) groups is 2. The van der Waals surface area contributed by atoms with E-state index < -0.39 is 27.8 Å². The van der Waals surface area contributed by atoms with Crippen LogP contribution in [0.5, 0.6) is 0 Å². The molecule has 1 fully saturated rings. The third kappa shape index (κ3) is 3.54. The number of hydrogen-bond donors (Lipinski definition) is 1. The molecule has 1 aliphatic carbocycles. The summed E-state index contributed by atoms with van der Waals surface area (Å²) in [6.45, 7) is 0. The van der Waals surface area contributed by atoms with E-state index in [0.29, 0.717) is 30.5 Å². The van der Waals surface area contributed by atoms with Crippen molar-refractivity contribution in [2.24, 2.45) is 0 Å². The Labute approximate surface area is 163 Å². The maximum absolute atomic E-state index is 12.6. The van der Waals surface area contributed by atoms with E-state index in [9.17, 15) is 18.0 Å². The van der Waals surface area contributed by atoms with Crippen molar-refractivity contribution in [2.45, 2.75) is 48.4 Å². The summed E-state index contributed by atoms with van der Waals surface area (Å²) in [6.07, 6.45) is 2.69. The van der Waals surface area contributed by atoms with E-state index in [4.69, 9.17) is 4.74 Å². The minimum atomic E-state index is -3.33. The maximum atomic E-state index is 12.6. The van der Waals surface area contributed by atoms with Crippen LogP contribution in [0.3, 0.4) is 0 Å². The van der Waals surface area contributed by atoms with Gasteiger partial charge in [-0.2, -0.15) is 0 Å². The Hall–Kier alpha value is -2.67. The summed E-state index contributed by atoms with van der Waals surface area (Å²) < 4.78 is 30.5. The molecule has 28 heavy (non-hydrogen) atoms. The van der Waals surface area contributed by atoms with Gasteiger partial charge in [0.25, 0.3) is 5.91 Å². The summed E-state index contributed by atoms with van der Waals surface area (Å²) in [4.78, 5) is 24.8. The molecule has 1 aliphatic heterocycles. The number of hydrogen-bond acceptors (Lipinski definition) is 5. The lowest BCUT2D eigenvalue weighted by Crippen LogP contribution is -2.37. The zero-order valence-electron chi connectivity index (χ0n) is 15.3. The quantitative estimate of drug-likeness (QED) is 0.798. The summed E-state index contributed by atoms with van der Waals surface area (Å²) >= 11 is 0. The average molecular weight is 399 g/mol. The van der Waals surface area contributed by atoms with Gasteiger partial charge < -0.3 is 10.1 Å². The van der Waals surface area contributed by atoms with Gasteiger partial charge >= 0.3 is 5.97 Å². The Kier molecular flexibility index (Phi) is 4.93. The molecular weight excluding hydrogens is 378 g/mol. The van der Waals surface area contributed by atoms with Gasteiger partial charge in [-0.3, -0.25) is 4.79 Å². The van der Waals surface area contributed by atoms with E-state index in [1.165, 1.54) is 12.1 Å². The lowest BCUT2D eigenvalue weighted by molar-refractivity contribution is -0.125. The third-order valence-electron chi connectivity index (χ3n) is 5.38. The molecule has 1 atom stereocenters. The highest BCUT2D eigenvalue weighted by Crippen LogP contribution is 2.30. The Morgan fingerprint density at radius 1 is 1.00 bits per heavy atom. The molecule has 1 saturated carbocycles. The fourth-order valence-corrected chi connectivity index (χ4v) is 5.67. The standard InChI is InChI=1S/C21H21NO5S/c23-20(19-13-14-5-1-4-8-18(14)21(24)27-19)22-15-9-11-17(12-10-15)28(25,26)16-6-2-3-7-16/h1,4-5,8-12,16,19H,2-3,6-7,13H2,(H,22,23). The number of ether oxygens (including phenoxy) is 1. The molecule has 7 heteroatoms. The first-order valence-corrected chi connectivity index (χ1v) is 10.9. The molecule has 0 bridgehead atoms. The summed E-state index contributed by atoms with van der Waals surface area (Å²) in [5, 5.41) is 2.39. The largest absolute Gasteiger partial charge is 0.448 e. The van der Waals surface area contributed by atoms with Gasteiger partial charge in [-0.25, -0.2) is 13.2 Å². The summed E-state index contributed by atoms with van der Waals surface area (Å²) in [5.41, 5.74) is 1.72. The molecule has 2 aromatic carbocycles. The molecule has 1 amide bonds. The van der Waals surface area contributed by atoms with E-state index >= 15 is 0 Å². The van der Waals surface area contributed by atoms with E-state index in [-0.39, 0.29) is 10.1 Å². The Morgan fingerprint density at radius 3 is 2.39 bits per heavy atom. The highest BCUT2D eigenvalue weighted by molar-refractivity contribution is 7.92. The van der Waals surface area contributed by atoms with Crippen LogP contribution < -0.4 is 5.32 Å². The monoisotopic (exact) mass is 399 g/mol. The van der Waals surface area contributed by atoms with Gasteiger partial charge in [-0.1, -0.05) is 31.0 Å². The second-order valence-electron chi connectivity index (χ2n) is 7.22. The van der Waals surface area contributed by atoms with Crippen LogP contribution in [0.1, 0.15) is 41.6 Å². The van der Waals surface area contributed by atoms with Gasteiger partial charge in [-0.05, 0) is 48.7 Å². The summed E-state index contributed by atoms with van der Waals surface area (Å²) in [6, 6.07) is 13.2. The van der Waals surface area contributed by atoms with Crippen LogP contribution in [-0.2, 0) is 25.8 Å². The maximum Gasteiger partial charge on any atom is 0.339 e. The van der Waals surface area contributed by atoms with E-state index in [2.05, 4.69) is 5.32 Å². The van der Waals surface area contributed by atoms with Crippen LogP contribution in [0.15, 0.2) is 53.4 Å². The molecule has 1 unspecified atom stereocenters. The number of anilines is 1. The van der Waals surface area contributed by atoms with E-state index in [1.807, 2.05) is 6.07 Å². The molecule has 0 saturated heterocycles. The van der Waals surface area contributed by atoms with Crippen molar-refractivity contribution in [1.29, 1.82) is 0 Å². The molecule has 6 nitrogen and oxygen atoms in total. The normalized spacial score (nSPS) is 19.7. The molecular formula is C21H21NO5S. The number of fused-ring (bicyclic) bond motifs is 1. The van der Waals surface area contributed by atoms with Crippen molar-refractivity contribution < 1.29 is 22.7 Å². The Morgan fingerprint density at radius 2 is 1.68 bits per heavy atom. The molecule has 0 spiro atoms. The lowest BCUT2D eigenvalue weighted by Gasteiger charge is -2.23. The van der Waals surface area contributed by atoms with Gasteiger partial charge in [0.15, 0.2) is 15.9 Å². The molecule has 146 valence electrons. The second-order valence-corrected chi connectivity index (χ2v) is 9.45. The average Bonchev–Trinajstić information content (AvgIpc) is 3.24. The number of esters is 1. The number of carbonyl (C=O) groups excluding carboxylic acids is 2. The highest BCUT2D eigenvalue weighted by Gasteiger charge is 2.32. The van der Waals surface area contributed by atoms with Crippen molar-refractivity contribution in [3.8, 4) is 0 Å². The SMILES string of the molecule is O=C1OC(C(=O)Nc2ccc(S(=O)(=O)C3CCCC3)cc2)Cc2ccccc21. The van der Waals surface area contributed by atoms with Crippen molar-refractivity contribution in [3.05, 3.63) is 59.7 Å². The predicted octanol–water partition coefficient (Wildman–Crippen LogP) is 3.12. The minimum absolute atomic E-state index is 0.274. The number of amides is 1. The van der Waals surface area contributed by atoms with Gasteiger partial charge in [-0.15, -0.1) is 0 Å². The zero-order chi connectivity index (χ0) is 19.7. The van der Waals surface area contributed by atoms with Crippen LogP contribution in [-0.4, -0.2) is 31.6 Å². The van der Waals surface area contributed by atoms with Crippen LogP contribution in [0.2, 0.25) is 0 Å². The second kappa shape index (κ2) is 7.39. The van der Waals surface area contributed by atoms with E-state index in [0.717, 1.165) is 18.4 Å². The van der Waals surface area contributed by atoms with Gasteiger partial charge in [0.2, 0.25) is 0 Å². The van der Waals surface area contributed by atoms with Gasteiger partial charge in [0, 0.05) is 12.1 Å². The molecule has 4 rings (SSSR count).